The van der Waals surface area contributed by atoms with Crippen LogP contribution in [0.5, 0.6) is 11.5 Å². The molecule has 1 atom stereocenters. The van der Waals surface area contributed by atoms with Crippen LogP contribution in [0.25, 0.3) is 5.70 Å². The summed E-state index contributed by atoms with van der Waals surface area (Å²) < 4.78 is 15.2. The molecule has 0 saturated carbocycles. The summed E-state index contributed by atoms with van der Waals surface area (Å²) in [7, 11) is 4.04. The first kappa shape index (κ1) is 29.0. The third-order valence-corrected chi connectivity index (χ3v) is 6.88. The van der Waals surface area contributed by atoms with Gasteiger partial charge < -0.3 is 29.3 Å². The number of ether oxygens (including phenoxy) is 3. The van der Waals surface area contributed by atoms with Gasteiger partial charge >= 0.3 is 11.9 Å². The van der Waals surface area contributed by atoms with Crippen molar-refractivity contribution in [1.82, 2.24) is 0 Å². The van der Waals surface area contributed by atoms with Crippen LogP contribution in [0.3, 0.4) is 0 Å². The molecule has 1 aliphatic heterocycles. The Bertz CT molecular complexity index is 1570. The summed E-state index contributed by atoms with van der Waals surface area (Å²) in [5.74, 6) is -3.13. The highest BCUT2D eigenvalue weighted by atomic mass is 16.5. The molecule has 1 aliphatic rings. The lowest BCUT2D eigenvalue weighted by Gasteiger charge is -2.37. The van der Waals surface area contributed by atoms with Gasteiger partial charge in [-0.05, 0) is 85.1 Å². The van der Waals surface area contributed by atoms with Gasteiger partial charge in [-0.25, -0.2) is 4.79 Å². The zero-order valence-electron chi connectivity index (χ0n) is 23.2. The van der Waals surface area contributed by atoms with Crippen molar-refractivity contribution < 1.29 is 43.6 Å². The lowest BCUT2D eigenvalue weighted by atomic mass is 9.93. The predicted molar refractivity (Wildman–Crippen MR) is 149 cm³/mol. The number of aromatic carboxylic acids is 1. The molecular formula is C31H29NO9. The molecule has 10 nitrogen and oxygen atoms in total. The van der Waals surface area contributed by atoms with Gasteiger partial charge in [0.05, 0.1) is 43.9 Å². The second-order valence-electron chi connectivity index (χ2n) is 9.53. The molecule has 10 heteroatoms. The van der Waals surface area contributed by atoms with E-state index >= 15 is 0 Å². The lowest BCUT2D eigenvalue weighted by molar-refractivity contribution is -0.150. The predicted octanol–water partition coefficient (Wildman–Crippen LogP) is 3.95. The van der Waals surface area contributed by atoms with E-state index in [1.807, 2.05) is 0 Å². The summed E-state index contributed by atoms with van der Waals surface area (Å²) in [6.07, 6.45) is -0.881. The smallest absolute Gasteiger partial charge is 0.337 e. The van der Waals surface area contributed by atoms with Gasteiger partial charge in [0.25, 0.3) is 0 Å². The average Bonchev–Trinajstić information content (AvgIpc) is 3.18. The maximum atomic E-state index is 14.2. The normalized spacial score (nSPS) is 16.5. The number of esters is 1. The molecule has 3 aromatic rings. The topological polar surface area (TPSA) is 140 Å². The van der Waals surface area contributed by atoms with E-state index in [1.165, 1.54) is 32.4 Å². The Balaban J connectivity index is 2.11. The molecular weight excluding hydrogens is 530 g/mol. The third-order valence-electron chi connectivity index (χ3n) is 6.88. The molecule has 0 aliphatic carbocycles. The minimum atomic E-state index is -2.69. The number of carbonyl (C=O) groups is 4. The van der Waals surface area contributed by atoms with Gasteiger partial charge in [-0.3, -0.25) is 14.4 Å². The number of hydrogen-bond donors (Lipinski definition) is 2. The molecule has 0 saturated heterocycles. The highest BCUT2D eigenvalue weighted by molar-refractivity contribution is 6.37. The fourth-order valence-electron chi connectivity index (χ4n) is 4.98. The summed E-state index contributed by atoms with van der Waals surface area (Å²) in [6.45, 7) is 3.32. The molecule has 3 aromatic carbocycles. The van der Waals surface area contributed by atoms with Crippen molar-refractivity contribution in [3.63, 3.8) is 0 Å². The number of hydrogen-bond acceptors (Lipinski definition) is 9. The Morgan fingerprint density at radius 2 is 1.44 bits per heavy atom. The van der Waals surface area contributed by atoms with E-state index in [-0.39, 0.29) is 22.5 Å². The maximum Gasteiger partial charge on any atom is 0.337 e. The Morgan fingerprint density at radius 3 is 1.95 bits per heavy atom. The molecule has 212 valence electrons. The molecule has 0 spiro atoms. The van der Waals surface area contributed by atoms with Gasteiger partial charge in [-0.2, -0.15) is 0 Å². The van der Waals surface area contributed by atoms with Crippen molar-refractivity contribution in [3.8, 4) is 11.5 Å². The first-order chi connectivity index (χ1) is 19.5. The molecule has 4 rings (SSSR count). The molecule has 0 amide bonds. The monoisotopic (exact) mass is 559 g/mol. The highest BCUT2D eigenvalue weighted by Gasteiger charge is 2.57. The minimum absolute atomic E-state index is 0.0498. The van der Waals surface area contributed by atoms with Gasteiger partial charge in [0.2, 0.25) is 11.5 Å². The fraction of sp³-hybridized carbons (Fsp3) is 0.226. The van der Waals surface area contributed by atoms with Crippen LogP contribution >= 0.6 is 0 Å². The molecule has 0 radical (unpaired) electrons. The summed E-state index contributed by atoms with van der Waals surface area (Å²) >= 11 is 0. The third kappa shape index (κ3) is 5.17. The molecule has 1 unspecified atom stereocenters. The number of aliphatic hydroxyl groups is 1. The second kappa shape index (κ2) is 11.3. The number of anilines is 1. The number of carboxylic acid groups (broad SMARTS) is 1. The zero-order valence-corrected chi connectivity index (χ0v) is 23.2. The summed E-state index contributed by atoms with van der Waals surface area (Å²) in [5, 5.41) is 22.3. The number of ketones is 2. The Morgan fingerprint density at radius 1 is 0.878 bits per heavy atom. The highest BCUT2D eigenvalue weighted by Crippen LogP contribution is 2.47. The standard InChI is InChI=1S/C31H29NO9/c1-17-14-18(2)26(23(15-17)30(36)37)32-27(19-6-10-21(39-3)11-7-19)25(29(35)31(32,38)16-24(33)41-5)28(34)20-8-12-22(40-4)13-9-20/h6-15,38H,16H2,1-5H3,(H,36,37). The van der Waals surface area contributed by atoms with Crippen molar-refractivity contribution in [2.75, 3.05) is 26.2 Å². The van der Waals surface area contributed by atoms with Crippen molar-refractivity contribution >= 4 is 34.9 Å². The summed E-state index contributed by atoms with van der Waals surface area (Å²) in [6, 6.07) is 15.4. The van der Waals surface area contributed by atoms with Crippen molar-refractivity contribution in [3.05, 3.63) is 94.1 Å². The number of aryl methyl sites for hydroxylation is 2. The number of carboxylic acids is 1. The summed E-state index contributed by atoms with van der Waals surface area (Å²) in [4.78, 5) is 54.4. The second-order valence-corrected chi connectivity index (χ2v) is 9.53. The number of nitrogens with zero attached hydrogens (tertiary/aromatic N) is 1. The van der Waals surface area contributed by atoms with E-state index in [4.69, 9.17) is 14.2 Å². The van der Waals surface area contributed by atoms with E-state index in [0.29, 0.717) is 28.2 Å². The molecule has 1 heterocycles. The molecule has 0 aromatic heterocycles. The van der Waals surface area contributed by atoms with Gasteiger partial charge in [0.15, 0.2) is 5.78 Å². The van der Waals surface area contributed by atoms with Crippen LogP contribution in [0.15, 0.2) is 66.2 Å². The Hall–Kier alpha value is -4.96. The summed E-state index contributed by atoms with van der Waals surface area (Å²) in [5.41, 5.74) is -2.05. The van der Waals surface area contributed by atoms with Crippen LogP contribution in [0, 0.1) is 13.8 Å². The number of benzene rings is 3. The number of rotatable bonds is 9. The number of carbonyl (C=O) groups excluding carboxylic acids is 3. The molecule has 0 fully saturated rings. The maximum absolute atomic E-state index is 14.2. The Labute approximate surface area is 236 Å². The SMILES string of the molecule is COC(=O)CC1(O)C(=O)C(C(=O)c2ccc(OC)cc2)=C(c2ccc(OC)cc2)N1c1c(C)cc(C)cc1C(=O)O. The minimum Gasteiger partial charge on any atom is -0.497 e. The van der Waals surface area contributed by atoms with Crippen LogP contribution in [0.2, 0.25) is 0 Å². The number of Topliss-reactive ketones (excluding diaryl/α,β-unsaturated/α-hetero) is 2. The van der Waals surface area contributed by atoms with Crippen LogP contribution < -0.4 is 14.4 Å². The van der Waals surface area contributed by atoms with E-state index < -0.39 is 41.2 Å². The van der Waals surface area contributed by atoms with Gasteiger partial charge in [-0.1, -0.05) is 6.07 Å². The van der Waals surface area contributed by atoms with Crippen LogP contribution in [-0.2, 0) is 14.3 Å². The van der Waals surface area contributed by atoms with Crippen LogP contribution in [0.4, 0.5) is 5.69 Å². The quantitative estimate of drug-likeness (QED) is 0.225. The van der Waals surface area contributed by atoms with E-state index in [1.54, 1.807) is 56.3 Å². The van der Waals surface area contributed by atoms with E-state index in [9.17, 15) is 29.4 Å². The number of methoxy groups -OCH3 is 3. The molecule has 41 heavy (non-hydrogen) atoms. The van der Waals surface area contributed by atoms with Crippen molar-refractivity contribution in [1.29, 1.82) is 0 Å². The van der Waals surface area contributed by atoms with Gasteiger partial charge in [-0.15, -0.1) is 0 Å². The van der Waals surface area contributed by atoms with Crippen LogP contribution in [0.1, 0.15) is 43.8 Å². The van der Waals surface area contributed by atoms with E-state index in [2.05, 4.69) is 0 Å². The first-order valence-corrected chi connectivity index (χ1v) is 12.5. The van der Waals surface area contributed by atoms with Crippen LogP contribution in [-0.4, -0.2) is 60.8 Å². The van der Waals surface area contributed by atoms with Gasteiger partial charge in [0.1, 0.15) is 17.9 Å². The lowest BCUT2D eigenvalue weighted by Crippen LogP contribution is -2.52. The molecule has 0 bridgehead atoms. The van der Waals surface area contributed by atoms with E-state index in [0.717, 1.165) is 12.0 Å². The first-order valence-electron chi connectivity index (χ1n) is 12.5. The zero-order chi connectivity index (χ0) is 30.1. The molecule has 2 N–H and O–H groups in total. The fourth-order valence-corrected chi connectivity index (χ4v) is 4.98. The van der Waals surface area contributed by atoms with Crippen molar-refractivity contribution in [2.45, 2.75) is 26.0 Å². The Kier molecular flexibility index (Phi) is 7.98. The van der Waals surface area contributed by atoms with Gasteiger partial charge in [0, 0.05) is 5.56 Å². The largest absolute Gasteiger partial charge is 0.497 e. The average molecular weight is 560 g/mol. The van der Waals surface area contributed by atoms with Crippen molar-refractivity contribution in [2.24, 2.45) is 0 Å².